The lowest BCUT2D eigenvalue weighted by molar-refractivity contribution is 0.102. The summed E-state index contributed by atoms with van der Waals surface area (Å²) in [5.74, 6) is 0. The molecule has 0 radical (unpaired) electrons. The zero-order chi connectivity index (χ0) is 10.4. The lowest BCUT2D eigenvalue weighted by Gasteiger charge is -2.39. The van der Waals surface area contributed by atoms with Crippen molar-refractivity contribution in [2.24, 2.45) is 0 Å². The van der Waals surface area contributed by atoms with Crippen LogP contribution in [-0.2, 0) is 0 Å². The lowest BCUT2D eigenvalue weighted by Crippen LogP contribution is -2.44. The van der Waals surface area contributed by atoms with Crippen LogP contribution in [0.2, 0.25) is 0 Å². The second-order valence-electron chi connectivity index (χ2n) is 4.48. The second kappa shape index (κ2) is 6.03. The van der Waals surface area contributed by atoms with Gasteiger partial charge in [0.15, 0.2) is 0 Å². The predicted octanol–water partition coefficient (Wildman–Crippen LogP) is 2.94. The van der Waals surface area contributed by atoms with Crippen LogP contribution in [0, 0.1) is 11.3 Å². The van der Waals surface area contributed by atoms with Gasteiger partial charge in [-0.1, -0.05) is 6.42 Å². The molecule has 0 N–H and O–H groups in total. The Morgan fingerprint density at radius 3 is 2.43 bits per heavy atom. The molecule has 2 heteroatoms. The average Bonchev–Trinajstić information content (AvgIpc) is 2.16. The highest BCUT2D eigenvalue weighted by Crippen LogP contribution is 2.22. The fourth-order valence-electron chi connectivity index (χ4n) is 2.41. The number of piperidine rings is 1. The van der Waals surface area contributed by atoms with Crippen LogP contribution in [0.1, 0.15) is 52.4 Å². The topological polar surface area (TPSA) is 27.0 Å². The predicted molar refractivity (Wildman–Crippen MR) is 58.9 cm³/mol. The first-order valence-corrected chi connectivity index (χ1v) is 5.88. The summed E-state index contributed by atoms with van der Waals surface area (Å²) in [6.07, 6.45) is 7.05. The van der Waals surface area contributed by atoms with Gasteiger partial charge >= 0.3 is 0 Å². The maximum absolute atomic E-state index is 8.44. The van der Waals surface area contributed by atoms with E-state index in [0.29, 0.717) is 0 Å². The van der Waals surface area contributed by atoms with Crippen molar-refractivity contribution in [3.05, 3.63) is 0 Å². The third kappa shape index (κ3) is 3.31. The molecule has 1 fully saturated rings. The highest BCUT2D eigenvalue weighted by Gasteiger charge is 2.23. The molecule has 1 heterocycles. The van der Waals surface area contributed by atoms with Crippen molar-refractivity contribution in [2.75, 3.05) is 6.54 Å². The Balaban J connectivity index is 2.23. The number of nitrogens with zero attached hydrogens (tertiary/aromatic N) is 2. The molecule has 2 atom stereocenters. The Bertz CT molecular complexity index is 185. The molecule has 80 valence electrons. The largest absolute Gasteiger partial charge is 0.298 e. The van der Waals surface area contributed by atoms with Gasteiger partial charge < -0.3 is 0 Å². The molecule has 2 nitrogen and oxygen atoms in total. The zero-order valence-corrected chi connectivity index (χ0v) is 9.50. The fourth-order valence-corrected chi connectivity index (χ4v) is 2.41. The van der Waals surface area contributed by atoms with Crippen LogP contribution in [-0.4, -0.2) is 23.5 Å². The SMILES string of the molecule is CC1CCCC(C)N1CCCCC#N. The summed E-state index contributed by atoms with van der Waals surface area (Å²) in [7, 11) is 0. The van der Waals surface area contributed by atoms with Crippen molar-refractivity contribution in [3.8, 4) is 6.07 Å². The van der Waals surface area contributed by atoms with E-state index in [1.807, 2.05) is 0 Å². The molecule has 0 aromatic carbocycles. The molecule has 1 aliphatic rings. The summed E-state index contributed by atoms with van der Waals surface area (Å²) in [5, 5.41) is 8.44. The highest BCUT2D eigenvalue weighted by atomic mass is 15.2. The van der Waals surface area contributed by atoms with Crippen molar-refractivity contribution >= 4 is 0 Å². The Morgan fingerprint density at radius 1 is 1.21 bits per heavy atom. The Morgan fingerprint density at radius 2 is 1.86 bits per heavy atom. The lowest BCUT2D eigenvalue weighted by atomic mass is 9.97. The first kappa shape index (κ1) is 11.5. The van der Waals surface area contributed by atoms with E-state index in [-0.39, 0.29) is 0 Å². The summed E-state index contributed by atoms with van der Waals surface area (Å²) >= 11 is 0. The van der Waals surface area contributed by atoms with Gasteiger partial charge in [0.05, 0.1) is 6.07 Å². The zero-order valence-electron chi connectivity index (χ0n) is 9.50. The molecule has 2 unspecified atom stereocenters. The molecule has 1 aliphatic heterocycles. The van der Waals surface area contributed by atoms with Crippen LogP contribution in [0.3, 0.4) is 0 Å². The minimum absolute atomic E-state index is 0.719. The van der Waals surface area contributed by atoms with E-state index in [9.17, 15) is 0 Å². The van der Waals surface area contributed by atoms with E-state index < -0.39 is 0 Å². The molecule has 0 aromatic heterocycles. The molecular weight excluding hydrogens is 172 g/mol. The van der Waals surface area contributed by atoms with E-state index in [0.717, 1.165) is 24.9 Å². The Hall–Kier alpha value is -0.550. The van der Waals surface area contributed by atoms with Crippen LogP contribution in [0.4, 0.5) is 0 Å². The van der Waals surface area contributed by atoms with Gasteiger partial charge in [0.25, 0.3) is 0 Å². The van der Waals surface area contributed by atoms with Gasteiger partial charge in [-0.2, -0.15) is 5.26 Å². The number of hydrogen-bond donors (Lipinski definition) is 0. The van der Waals surface area contributed by atoms with E-state index in [1.54, 1.807) is 0 Å². The maximum Gasteiger partial charge on any atom is 0.0621 e. The summed E-state index contributed by atoms with van der Waals surface area (Å²) < 4.78 is 0. The quantitative estimate of drug-likeness (QED) is 0.643. The molecule has 0 amide bonds. The summed E-state index contributed by atoms with van der Waals surface area (Å²) in [6.45, 7) is 5.85. The molecule has 0 aromatic rings. The van der Waals surface area contributed by atoms with Gasteiger partial charge in [-0.15, -0.1) is 0 Å². The minimum atomic E-state index is 0.719. The number of unbranched alkanes of at least 4 members (excludes halogenated alkanes) is 2. The molecule has 1 saturated heterocycles. The summed E-state index contributed by atoms with van der Waals surface area (Å²) in [5.41, 5.74) is 0. The van der Waals surface area contributed by atoms with E-state index in [4.69, 9.17) is 5.26 Å². The average molecular weight is 194 g/mol. The van der Waals surface area contributed by atoms with Crippen LogP contribution in [0.15, 0.2) is 0 Å². The van der Waals surface area contributed by atoms with Crippen molar-refractivity contribution in [1.82, 2.24) is 4.90 Å². The van der Waals surface area contributed by atoms with Crippen molar-refractivity contribution in [2.45, 2.75) is 64.5 Å². The highest BCUT2D eigenvalue weighted by molar-refractivity contribution is 4.79. The van der Waals surface area contributed by atoms with Crippen molar-refractivity contribution in [1.29, 1.82) is 5.26 Å². The standard InChI is InChI=1S/C12H22N2/c1-11-7-6-8-12(2)14(11)10-5-3-4-9-13/h11-12H,3-8,10H2,1-2H3. The summed E-state index contributed by atoms with van der Waals surface area (Å²) in [4.78, 5) is 2.61. The molecule has 14 heavy (non-hydrogen) atoms. The smallest absolute Gasteiger partial charge is 0.0621 e. The van der Waals surface area contributed by atoms with E-state index in [2.05, 4.69) is 24.8 Å². The number of rotatable bonds is 4. The van der Waals surface area contributed by atoms with Crippen LogP contribution >= 0.6 is 0 Å². The molecule has 1 rings (SSSR count). The minimum Gasteiger partial charge on any atom is -0.298 e. The van der Waals surface area contributed by atoms with Gasteiger partial charge in [-0.3, -0.25) is 4.90 Å². The Kier molecular flexibility index (Phi) is 4.97. The van der Waals surface area contributed by atoms with Gasteiger partial charge in [-0.25, -0.2) is 0 Å². The summed E-state index contributed by atoms with van der Waals surface area (Å²) in [6, 6.07) is 3.71. The van der Waals surface area contributed by atoms with E-state index in [1.165, 1.54) is 32.2 Å². The number of nitriles is 1. The van der Waals surface area contributed by atoms with Crippen LogP contribution in [0.5, 0.6) is 0 Å². The monoisotopic (exact) mass is 194 g/mol. The molecule has 0 bridgehead atoms. The third-order valence-electron chi connectivity index (χ3n) is 3.33. The Labute approximate surface area is 87.9 Å². The number of hydrogen-bond acceptors (Lipinski definition) is 2. The third-order valence-corrected chi connectivity index (χ3v) is 3.33. The van der Waals surface area contributed by atoms with Crippen LogP contribution in [0.25, 0.3) is 0 Å². The normalized spacial score (nSPS) is 28.6. The first-order chi connectivity index (χ1) is 6.75. The second-order valence-corrected chi connectivity index (χ2v) is 4.48. The molecule has 0 spiro atoms. The molecule has 0 aliphatic carbocycles. The van der Waals surface area contributed by atoms with Crippen molar-refractivity contribution < 1.29 is 0 Å². The van der Waals surface area contributed by atoms with Gasteiger partial charge in [0, 0.05) is 18.5 Å². The molecule has 0 saturated carbocycles. The van der Waals surface area contributed by atoms with Crippen LogP contribution < -0.4 is 0 Å². The van der Waals surface area contributed by atoms with Gasteiger partial charge in [0.2, 0.25) is 0 Å². The fraction of sp³-hybridized carbons (Fsp3) is 0.917. The molecular formula is C12H22N2. The van der Waals surface area contributed by atoms with E-state index >= 15 is 0 Å². The van der Waals surface area contributed by atoms with Crippen molar-refractivity contribution in [3.63, 3.8) is 0 Å². The maximum atomic E-state index is 8.44. The van der Waals surface area contributed by atoms with Gasteiger partial charge in [0.1, 0.15) is 0 Å². The first-order valence-electron chi connectivity index (χ1n) is 5.88. The number of likely N-dealkylation sites (tertiary alicyclic amines) is 1. The van der Waals surface area contributed by atoms with Gasteiger partial charge in [-0.05, 0) is 46.1 Å².